The normalized spacial score (nSPS) is 20.9. The molecule has 0 amide bonds. The highest BCUT2D eigenvalue weighted by molar-refractivity contribution is 9.10. The molecule has 1 fully saturated rings. The molecule has 4 rings (SSSR count). The van der Waals surface area contributed by atoms with Gasteiger partial charge in [-0.1, -0.05) is 11.6 Å². The van der Waals surface area contributed by atoms with Crippen LogP contribution in [0.25, 0.3) is 10.9 Å². The van der Waals surface area contributed by atoms with Crippen LogP contribution in [0.3, 0.4) is 0 Å². The number of anilines is 1. The molecule has 0 bridgehead atoms. The largest absolute Gasteiger partial charge is 0.487 e. The van der Waals surface area contributed by atoms with Crippen LogP contribution in [0.5, 0.6) is 5.75 Å². The monoisotopic (exact) mass is 372 g/mol. The number of nitrogens with zero attached hydrogens (tertiary/aromatic N) is 3. The van der Waals surface area contributed by atoms with E-state index in [0.29, 0.717) is 23.3 Å². The summed E-state index contributed by atoms with van der Waals surface area (Å²) < 4.78 is 20.4. The number of hydrogen-bond donors (Lipinski definition) is 1. The Kier molecular flexibility index (Phi) is 3.16. The second-order valence-electron chi connectivity index (χ2n) is 5.05. The molecule has 1 atom stereocenters. The van der Waals surface area contributed by atoms with Crippen molar-refractivity contribution < 1.29 is 9.13 Å². The minimum atomic E-state index is -0.503. The van der Waals surface area contributed by atoms with Crippen molar-refractivity contribution in [3.8, 4) is 5.75 Å². The average Bonchev–Trinajstić information content (AvgIpc) is 2.69. The fourth-order valence-electron chi connectivity index (χ4n) is 2.88. The van der Waals surface area contributed by atoms with Crippen molar-refractivity contribution in [3.05, 3.63) is 21.6 Å². The topological polar surface area (TPSA) is 50.3 Å². The third kappa shape index (κ3) is 1.91. The summed E-state index contributed by atoms with van der Waals surface area (Å²) in [6.07, 6.45) is 1.46. The van der Waals surface area contributed by atoms with Crippen LogP contribution >= 0.6 is 27.5 Å². The maximum atomic E-state index is 14.5. The van der Waals surface area contributed by atoms with Crippen LogP contribution in [-0.2, 0) is 0 Å². The first kappa shape index (κ1) is 13.5. The summed E-state index contributed by atoms with van der Waals surface area (Å²) in [6.45, 7) is 2.80. The molecule has 0 saturated carbocycles. The minimum Gasteiger partial charge on any atom is -0.487 e. The molecule has 0 spiro atoms. The van der Waals surface area contributed by atoms with Crippen LogP contribution in [0.4, 0.5) is 10.2 Å². The molecule has 2 aliphatic heterocycles. The minimum absolute atomic E-state index is 0.112. The van der Waals surface area contributed by atoms with Gasteiger partial charge >= 0.3 is 0 Å². The second-order valence-corrected chi connectivity index (χ2v) is 6.23. The summed E-state index contributed by atoms with van der Waals surface area (Å²) in [6, 6.07) is 0.112. The van der Waals surface area contributed by atoms with Crippen molar-refractivity contribution in [1.29, 1.82) is 0 Å². The molecule has 21 heavy (non-hydrogen) atoms. The fraction of sp³-hybridized carbons (Fsp3) is 0.385. The molecule has 5 nitrogen and oxygen atoms in total. The standard InChI is InChI=1S/C13H11BrClFN4O/c14-8-9(15)11-7-12(10(8)16)21-4-6-3-17-1-2-20(6)13(7)19-5-18-11/h5-6,17H,1-4H2. The molecule has 3 heterocycles. The second kappa shape index (κ2) is 4.93. The van der Waals surface area contributed by atoms with Gasteiger partial charge in [-0.25, -0.2) is 14.4 Å². The lowest BCUT2D eigenvalue weighted by Crippen LogP contribution is -2.53. The Labute approximate surface area is 133 Å². The molecule has 110 valence electrons. The number of fused-ring (bicyclic) bond motifs is 2. The van der Waals surface area contributed by atoms with E-state index in [1.807, 2.05) is 0 Å². The summed E-state index contributed by atoms with van der Waals surface area (Å²) >= 11 is 9.39. The SMILES string of the molecule is Fc1c(Br)c(Cl)c2ncnc3c2c1OCC1CNCCN31. The highest BCUT2D eigenvalue weighted by Gasteiger charge is 2.33. The smallest absolute Gasteiger partial charge is 0.181 e. The third-order valence-corrected chi connectivity index (χ3v) is 5.23. The molecule has 8 heteroatoms. The Morgan fingerprint density at radius 1 is 1.48 bits per heavy atom. The van der Waals surface area contributed by atoms with Gasteiger partial charge in [-0.05, 0) is 15.9 Å². The van der Waals surface area contributed by atoms with E-state index < -0.39 is 5.82 Å². The molecular formula is C13H11BrClFN4O. The zero-order valence-corrected chi connectivity index (χ0v) is 13.2. The van der Waals surface area contributed by atoms with Crippen molar-refractivity contribution in [2.75, 3.05) is 31.1 Å². The van der Waals surface area contributed by atoms with Gasteiger partial charge in [0, 0.05) is 19.6 Å². The Bertz CT molecular complexity index is 744. The van der Waals surface area contributed by atoms with Gasteiger partial charge in [0.15, 0.2) is 11.6 Å². The van der Waals surface area contributed by atoms with E-state index in [9.17, 15) is 4.39 Å². The number of halogens is 3. The van der Waals surface area contributed by atoms with Crippen LogP contribution in [0.2, 0.25) is 5.02 Å². The van der Waals surface area contributed by atoms with Gasteiger partial charge in [-0.3, -0.25) is 0 Å². The van der Waals surface area contributed by atoms with Crippen LogP contribution in [0, 0.1) is 5.82 Å². The number of benzene rings is 1. The van der Waals surface area contributed by atoms with Crippen molar-refractivity contribution in [2.45, 2.75) is 6.04 Å². The molecular weight excluding hydrogens is 363 g/mol. The lowest BCUT2D eigenvalue weighted by atomic mass is 10.1. The van der Waals surface area contributed by atoms with Crippen LogP contribution in [-0.4, -0.2) is 42.3 Å². The highest BCUT2D eigenvalue weighted by atomic mass is 79.9. The highest BCUT2D eigenvalue weighted by Crippen LogP contribution is 2.44. The average molecular weight is 374 g/mol. The zero-order valence-electron chi connectivity index (χ0n) is 10.9. The van der Waals surface area contributed by atoms with Crippen molar-refractivity contribution in [1.82, 2.24) is 15.3 Å². The first-order valence-corrected chi connectivity index (χ1v) is 7.77. The summed E-state index contributed by atoms with van der Waals surface area (Å²) in [4.78, 5) is 10.7. The molecule has 1 saturated heterocycles. The quantitative estimate of drug-likeness (QED) is 0.719. The van der Waals surface area contributed by atoms with E-state index in [2.05, 4.69) is 36.1 Å². The maximum Gasteiger partial charge on any atom is 0.181 e. The Balaban J connectivity index is 2.07. The molecule has 0 aliphatic carbocycles. The lowest BCUT2D eigenvalue weighted by Gasteiger charge is -2.35. The molecule has 0 radical (unpaired) electrons. The Morgan fingerprint density at radius 3 is 3.19 bits per heavy atom. The van der Waals surface area contributed by atoms with Gasteiger partial charge in [0.2, 0.25) is 0 Å². The maximum absolute atomic E-state index is 14.5. The lowest BCUT2D eigenvalue weighted by molar-refractivity contribution is 0.264. The van der Waals surface area contributed by atoms with Crippen LogP contribution in [0.1, 0.15) is 0 Å². The first-order valence-electron chi connectivity index (χ1n) is 6.59. The van der Waals surface area contributed by atoms with Gasteiger partial charge in [0.25, 0.3) is 0 Å². The number of hydrogen-bond acceptors (Lipinski definition) is 5. The number of piperazine rings is 1. The Morgan fingerprint density at radius 2 is 2.33 bits per heavy atom. The van der Waals surface area contributed by atoms with Gasteiger partial charge in [-0.2, -0.15) is 0 Å². The van der Waals surface area contributed by atoms with E-state index in [4.69, 9.17) is 16.3 Å². The zero-order chi connectivity index (χ0) is 14.6. The number of rotatable bonds is 0. The third-order valence-electron chi connectivity index (χ3n) is 3.89. The van der Waals surface area contributed by atoms with Gasteiger partial charge < -0.3 is 15.0 Å². The van der Waals surface area contributed by atoms with E-state index in [0.717, 1.165) is 19.6 Å². The van der Waals surface area contributed by atoms with E-state index >= 15 is 0 Å². The van der Waals surface area contributed by atoms with Crippen LogP contribution < -0.4 is 15.0 Å². The molecule has 2 aliphatic rings. The first-order chi connectivity index (χ1) is 10.2. The molecule has 1 N–H and O–H groups in total. The van der Waals surface area contributed by atoms with E-state index in [1.165, 1.54) is 6.33 Å². The predicted molar refractivity (Wildman–Crippen MR) is 81.7 cm³/mol. The molecule has 1 aromatic carbocycles. The fourth-order valence-corrected chi connectivity index (χ4v) is 3.48. The molecule has 2 aromatic rings. The number of aromatic nitrogens is 2. The van der Waals surface area contributed by atoms with Crippen molar-refractivity contribution in [3.63, 3.8) is 0 Å². The van der Waals surface area contributed by atoms with Gasteiger partial charge in [0.1, 0.15) is 18.8 Å². The van der Waals surface area contributed by atoms with Crippen molar-refractivity contribution >= 4 is 44.3 Å². The van der Waals surface area contributed by atoms with Gasteiger partial charge in [0.05, 0.1) is 26.4 Å². The van der Waals surface area contributed by atoms with Crippen LogP contribution in [0.15, 0.2) is 10.8 Å². The number of nitrogens with one attached hydrogen (secondary N) is 1. The van der Waals surface area contributed by atoms with Crippen molar-refractivity contribution in [2.24, 2.45) is 0 Å². The molecule has 1 aromatic heterocycles. The summed E-state index contributed by atoms with van der Waals surface area (Å²) in [5.41, 5.74) is 0.504. The number of ether oxygens (including phenoxy) is 1. The van der Waals surface area contributed by atoms with E-state index in [1.54, 1.807) is 0 Å². The van der Waals surface area contributed by atoms with Gasteiger partial charge in [-0.15, -0.1) is 0 Å². The Hall–Kier alpha value is -1.18. The molecule has 1 unspecified atom stereocenters. The van der Waals surface area contributed by atoms with E-state index in [-0.39, 0.29) is 21.3 Å². The summed E-state index contributed by atoms with van der Waals surface area (Å²) in [7, 11) is 0. The predicted octanol–water partition coefficient (Wildman–Crippen LogP) is 2.36. The summed E-state index contributed by atoms with van der Waals surface area (Å²) in [5, 5.41) is 4.11. The summed E-state index contributed by atoms with van der Waals surface area (Å²) in [5.74, 6) is 0.356.